The molecule has 21 heavy (non-hydrogen) atoms. The first-order valence-corrected chi connectivity index (χ1v) is 7.23. The number of ether oxygens (including phenoxy) is 1. The molecule has 1 fully saturated rings. The number of rotatable bonds is 5. The number of hydrogen-bond acceptors (Lipinski definition) is 7. The van der Waals surface area contributed by atoms with E-state index in [1.807, 2.05) is 0 Å². The summed E-state index contributed by atoms with van der Waals surface area (Å²) in [6, 6.07) is -1.66. The van der Waals surface area contributed by atoms with Gasteiger partial charge in [-0.1, -0.05) is 6.92 Å². The number of nitrogens with two attached hydrogens (primary N) is 3. The zero-order chi connectivity index (χ0) is 16.4. The fourth-order valence-electron chi connectivity index (χ4n) is 3.15. The second kappa shape index (κ2) is 6.21. The maximum absolute atomic E-state index is 12.5. The molecular formula is C14H25N3O4. The van der Waals surface area contributed by atoms with Crippen LogP contribution in [0.1, 0.15) is 46.5 Å². The molecule has 0 aromatic carbocycles. The second-order valence-corrected chi connectivity index (χ2v) is 5.91. The molecule has 0 amide bonds. The average molecular weight is 299 g/mol. The lowest BCUT2D eigenvalue weighted by molar-refractivity contribution is -0.169. The summed E-state index contributed by atoms with van der Waals surface area (Å²) in [6.45, 7) is 4.76. The number of esters is 2. The zero-order valence-electron chi connectivity index (χ0n) is 12.8. The lowest BCUT2D eigenvalue weighted by Gasteiger charge is -2.40. The van der Waals surface area contributed by atoms with Crippen molar-refractivity contribution >= 4 is 17.7 Å². The number of carbonyl (C=O) groups is 3. The standard InChI is InChI=1S/C14H25N3O4/c1-4-13(10(18)8(2)15)6-5-7-14(13,17)12(20)21-11(19)9(3)16/h8-9H,4-7,15-17H2,1-3H3. The van der Waals surface area contributed by atoms with Gasteiger partial charge in [0, 0.05) is 0 Å². The molecule has 7 heteroatoms. The fraction of sp³-hybridized carbons (Fsp3) is 0.786. The average Bonchev–Trinajstić information content (AvgIpc) is 2.76. The summed E-state index contributed by atoms with van der Waals surface area (Å²) in [5.41, 5.74) is 14.7. The Bertz CT molecular complexity index is 450. The van der Waals surface area contributed by atoms with Crippen LogP contribution >= 0.6 is 0 Å². The van der Waals surface area contributed by atoms with Crippen LogP contribution in [0, 0.1) is 5.41 Å². The molecular weight excluding hydrogens is 274 g/mol. The third kappa shape index (κ3) is 2.86. The van der Waals surface area contributed by atoms with Crippen LogP contribution in [0.3, 0.4) is 0 Å². The van der Waals surface area contributed by atoms with E-state index in [2.05, 4.69) is 0 Å². The van der Waals surface area contributed by atoms with Gasteiger partial charge in [-0.2, -0.15) is 0 Å². The van der Waals surface area contributed by atoms with E-state index in [9.17, 15) is 14.4 Å². The molecule has 0 radical (unpaired) electrons. The molecule has 0 bridgehead atoms. The SMILES string of the molecule is CCC1(C(=O)C(C)N)CCCC1(N)C(=O)OC(=O)C(C)N. The van der Waals surface area contributed by atoms with E-state index in [4.69, 9.17) is 21.9 Å². The molecule has 1 aliphatic carbocycles. The highest BCUT2D eigenvalue weighted by molar-refractivity contribution is 6.01. The van der Waals surface area contributed by atoms with Gasteiger partial charge < -0.3 is 21.9 Å². The van der Waals surface area contributed by atoms with E-state index in [1.54, 1.807) is 13.8 Å². The molecule has 120 valence electrons. The van der Waals surface area contributed by atoms with E-state index >= 15 is 0 Å². The third-order valence-corrected chi connectivity index (χ3v) is 4.45. The Morgan fingerprint density at radius 3 is 2.14 bits per heavy atom. The van der Waals surface area contributed by atoms with Crippen molar-refractivity contribution in [1.29, 1.82) is 0 Å². The smallest absolute Gasteiger partial charge is 0.334 e. The van der Waals surface area contributed by atoms with Crippen molar-refractivity contribution in [2.24, 2.45) is 22.6 Å². The minimum atomic E-state index is -1.53. The van der Waals surface area contributed by atoms with Crippen LogP contribution in [0.2, 0.25) is 0 Å². The Morgan fingerprint density at radius 1 is 1.14 bits per heavy atom. The molecule has 1 rings (SSSR count). The van der Waals surface area contributed by atoms with E-state index in [0.29, 0.717) is 19.3 Å². The van der Waals surface area contributed by atoms with Gasteiger partial charge in [0.2, 0.25) is 0 Å². The Morgan fingerprint density at radius 2 is 1.71 bits per heavy atom. The third-order valence-electron chi connectivity index (χ3n) is 4.45. The summed E-state index contributed by atoms with van der Waals surface area (Å²) < 4.78 is 4.76. The highest BCUT2D eigenvalue weighted by Crippen LogP contribution is 2.49. The summed E-state index contributed by atoms with van der Waals surface area (Å²) in [5, 5.41) is 0. The van der Waals surface area contributed by atoms with E-state index in [0.717, 1.165) is 0 Å². The van der Waals surface area contributed by atoms with Crippen LogP contribution in [0.4, 0.5) is 0 Å². The van der Waals surface area contributed by atoms with Crippen molar-refractivity contribution < 1.29 is 19.1 Å². The number of hydrogen-bond donors (Lipinski definition) is 3. The quantitative estimate of drug-likeness (QED) is 0.463. The van der Waals surface area contributed by atoms with Crippen LogP contribution in [-0.2, 0) is 19.1 Å². The van der Waals surface area contributed by atoms with Crippen molar-refractivity contribution in [2.75, 3.05) is 0 Å². The summed E-state index contributed by atoms with van der Waals surface area (Å²) >= 11 is 0. The van der Waals surface area contributed by atoms with Gasteiger partial charge in [0.25, 0.3) is 0 Å². The Balaban J connectivity index is 3.14. The van der Waals surface area contributed by atoms with Crippen molar-refractivity contribution in [3.63, 3.8) is 0 Å². The molecule has 0 aromatic heterocycles. The van der Waals surface area contributed by atoms with Crippen molar-refractivity contribution in [3.8, 4) is 0 Å². The minimum absolute atomic E-state index is 0.268. The normalized spacial score (nSPS) is 31.5. The van der Waals surface area contributed by atoms with E-state index in [1.165, 1.54) is 6.92 Å². The largest absolute Gasteiger partial charge is 0.391 e. The van der Waals surface area contributed by atoms with Crippen molar-refractivity contribution in [1.82, 2.24) is 0 Å². The maximum Gasteiger partial charge on any atom is 0.334 e. The molecule has 4 unspecified atom stereocenters. The topological polar surface area (TPSA) is 139 Å². The monoisotopic (exact) mass is 299 g/mol. The van der Waals surface area contributed by atoms with Crippen LogP contribution in [0.5, 0.6) is 0 Å². The predicted octanol–water partition coefficient (Wildman–Crippen LogP) is -0.402. The Hall–Kier alpha value is -1.31. The lowest BCUT2D eigenvalue weighted by Crippen LogP contribution is -2.64. The zero-order valence-corrected chi connectivity index (χ0v) is 12.8. The van der Waals surface area contributed by atoms with Gasteiger partial charge in [0.15, 0.2) is 5.78 Å². The highest BCUT2D eigenvalue weighted by Gasteiger charge is 2.61. The molecule has 0 saturated heterocycles. The summed E-state index contributed by atoms with van der Waals surface area (Å²) in [7, 11) is 0. The van der Waals surface area contributed by atoms with Gasteiger partial charge in [-0.05, 0) is 39.5 Å². The molecule has 7 nitrogen and oxygen atoms in total. The van der Waals surface area contributed by atoms with Crippen LogP contribution in [0.25, 0.3) is 0 Å². The van der Waals surface area contributed by atoms with Gasteiger partial charge in [0.05, 0.1) is 11.5 Å². The molecule has 0 aromatic rings. The van der Waals surface area contributed by atoms with Gasteiger partial charge in [0.1, 0.15) is 11.6 Å². The van der Waals surface area contributed by atoms with Crippen molar-refractivity contribution in [3.05, 3.63) is 0 Å². The maximum atomic E-state index is 12.5. The highest BCUT2D eigenvalue weighted by atomic mass is 16.6. The molecule has 6 N–H and O–H groups in total. The van der Waals surface area contributed by atoms with Crippen molar-refractivity contribution in [2.45, 2.75) is 64.1 Å². The first-order chi connectivity index (χ1) is 9.62. The summed E-state index contributed by atoms with van der Waals surface area (Å²) in [4.78, 5) is 36.4. The first kappa shape index (κ1) is 17.7. The summed E-state index contributed by atoms with van der Waals surface area (Å²) in [6.07, 6.45) is 1.71. The molecule has 0 spiro atoms. The van der Waals surface area contributed by atoms with Gasteiger partial charge in [-0.25, -0.2) is 9.59 Å². The van der Waals surface area contributed by atoms with Crippen LogP contribution in [0.15, 0.2) is 0 Å². The Labute approximate surface area is 124 Å². The van der Waals surface area contributed by atoms with Gasteiger partial charge >= 0.3 is 11.9 Å². The molecule has 0 heterocycles. The van der Waals surface area contributed by atoms with Gasteiger partial charge in [-0.3, -0.25) is 4.79 Å². The molecule has 4 atom stereocenters. The van der Waals surface area contributed by atoms with Crippen LogP contribution < -0.4 is 17.2 Å². The Kier molecular flexibility index (Phi) is 5.25. The lowest BCUT2D eigenvalue weighted by atomic mass is 9.66. The van der Waals surface area contributed by atoms with E-state index in [-0.39, 0.29) is 12.2 Å². The second-order valence-electron chi connectivity index (χ2n) is 5.91. The predicted molar refractivity (Wildman–Crippen MR) is 76.9 cm³/mol. The molecule has 0 aliphatic heterocycles. The molecule has 1 saturated carbocycles. The number of Topliss-reactive ketones (excluding diaryl/α,β-unsaturated/α-hetero) is 1. The first-order valence-electron chi connectivity index (χ1n) is 7.23. The van der Waals surface area contributed by atoms with E-state index < -0.39 is 35.0 Å². The number of carbonyl (C=O) groups excluding carboxylic acids is 3. The fourth-order valence-corrected chi connectivity index (χ4v) is 3.15. The number of ketones is 1. The summed E-state index contributed by atoms with van der Waals surface area (Å²) in [5.74, 6) is -2.01. The van der Waals surface area contributed by atoms with Crippen LogP contribution in [-0.4, -0.2) is 35.3 Å². The van der Waals surface area contributed by atoms with Gasteiger partial charge in [-0.15, -0.1) is 0 Å². The minimum Gasteiger partial charge on any atom is -0.391 e. The molecule has 1 aliphatic rings.